The summed E-state index contributed by atoms with van der Waals surface area (Å²) < 4.78 is 0. The highest BCUT2D eigenvalue weighted by atomic mass is 35.5. The number of carbonyl (C=O) groups is 2. The van der Waals surface area contributed by atoms with Crippen LogP contribution in [0, 0.1) is 0 Å². The lowest BCUT2D eigenvalue weighted by molar-refractivity contribution is 0.0953. The maximum atomic E-state index is 12.1. The zero-order valence-electron chi connectivity index (χ0n) is 11.7. The Balaban J connectivity index is 2.13. The number of hydrogen-bond acceptors (Lipinski definition) is 3. The van der Waals surface area contributed by atoms with Crippen molar-refractivity contribution in [1.29, 1.82) is 0 Å². The summed E-state index contributed by atoms with van der Waals surface area (Å²) in [5.41, 5.74) is 0.868. The first-order chi connectivity index (χ1) is 10.6. The van der Waals surface area contributed by atoms with E-state index < -0.39 is 5.91 Å². The number of nitrogens with one attached hydrogen (secondary N) is 2. The van der Waals surface area contributed by atoms with E-state index in [1.807, 2.05) is 0 Å². The van der Waals surface area contributed by atoms with Crippen molar-refractivity contribution >= 4 is 29.1 Å². The van der Waals surface area contributed by atoms with Gasteiger partial charge < -0.3 is 10.6 Å². The van der Waals surface area contributed by atoms with E-state index in [2.05, 4.69) is 22.2 Å². The van der Waals surface area contributed by atoms with Gasteiger partial charge in [0.15, 0.2) is 0 Å². The Bertz CT molecular complexity index is 716. The number of benzene rings is 1. The molecule has 2 N–H and O–H groups in total. The normalized spacial score (nSPS) is 9.86. The van der Waals surface area contributed by atoms with E-state index in [0.29, 0.717) is 17.3 Å². The van der Waals surface area contributed by atoms with Gasteiger partial charge in [-0.05, 0) is 30.3 Å². The van der Waals surface area contributed by atoms with Gasteiger partial charge in [0.25, 0.3) is 11.8 Å². The van der Waals surface area contributed by atoms with Crippen molar-refractivity contribution in [3.05, 3.63) is 71.5 Å². The standard InChI is InChI=1S/C16H14ClN3O2/c1-2-9-18-15(21)13-7-4-8-14(20-13)16(22)19-12-6-3-5-11(17)10-12/h2-8,10H,1,9H2,(H,18,21)(H,19,22). The fourth-order valence-corrected chi connectivity index (χ4v) is 1.89. The summed E-state index contributed by atoms with van der Waals surface area (Å²) in [5, 5.41) is 5.79. The van der Waals surface area contributed by atoms with Crippen LogP contribution < -0.4 is 10.6 Å². The summed E-state index contributed by atoms with van der Waals surface area (Å²) in [6.07, 6.45) is 1.56. The molecular formula is C16H14ClN3O2. The first-order valence-electron chi connectivity index (χ1n) is 6.53. The van der Waals surface area contributed by atoms with Gasteiger partial charge in [0.1, 0.15) is 11.4 Å². The van der Waals surface area contributed by atoms with Crippen molar-refractivity contribution in [3.63, 3.8) is 0 Å². The zero-order chi connectivity index (χ0) is 15.9. The second-order valence-corrected chi connectivity index (χ2v) is 4.81. The molecule has 0 spiro atoms. The molecule has 1 aromatic heterocycles. The third kappa shape index (κ3) is 4.17. The lowest BCUT2D eigenvalue weighted by Gasteiger charge is -2.06. The number of halogens is 1. The van der Waals surface area contributed by atoms with Crippen molar-refractivity contribution in [3.8, 4) is 0 Å². The van der Waals surface area contributed by atoms with E-state index in [1.54, 1.807) is 36.4 Å². The maximum Gasteiger partial charge on any atom is 0.274 e. The fraction of sp³-hybridized carbons (Fsp3) is 0.0625. The number of amides is 2. The largest absolute Gasteiger partial charge is 0.347 e. The summed E-state index contributed by atoms with van der Waals surface area (Å²) in [6.45, 7) is 3.85. The summed E-state index contributed by atoms with van der Waals surface area (Å²) in [6, 6.07) is 11.4. The van der Waals surface area contributed by atoms with Gasteiger partial charge >= 0.3 is 0 Å². The molecule has 0 bridgehead atoms. The summed E-state index contributed by atoms with van der Waals surface area (Å²) in [7, 11) is 0. The van der Waals surface area contributed by atoms with E-state index in [-0.39, 0.29) is 17.3 Å². The molecule has 0 saturated carbocycles. The molecular weight excluding hydrogens is 302 g/mol. The summed E-state index contributed by atoms with van der Waals surface area (Å²) >= 11 is 5.86. The van der Waals surface area contributed by atoms with E-state index in [0.717, 1.165) is 0 Å². The fourth-order valence-electron chi connectivity index (χ4n) is 1.70. The SMILES string of the molecule is C=CCNC(=O)c1cccc(C(=O)Nc2cccc(Cl)c2)n1. The van der Waals surface area contributed by atoms with Gasteiger partial charge in [-0.3, -0.25) is 9.59 Å². The molecule has 0 aliphatic heterocycles. The zero-order valence-corrected chi connectivity index (χ0v) is 12.4. The monoisotopic (exact) mass is 315 g/mol. The van der Waals surface area contributed by atoms with Crippen LogP contribution in [0.4, 0.5) is 5.69 Å². The van der Waals surface area contributed by atoms with Crippen LogP contribution in [0.2, 0.25) is 5.02 Å². The van der Waals surface area contributed by atoms with Crippen LogP contribution in [0.25, 0.3) is 0 Å². The number of rotatable bonds is 5. The van der Waals surface area contributed by atoms with Gasteiger partial charge in [0.05, 0.1) is 0 Å². The molecule has 2 rings (SSSR count). The molecule has 2 amide bonds. The average Bonchev–Trinajstić information content (AvgIpc) is 2.52. The number of pyridine rings is 1. The van der Waals surface area contributed by atoms with E-state index in [1.165, 1.54) is 12.1 Å². The van der Waals surface area contributed by atoms with Crippen LogP contribution >= 0.6 is 11.6 Å². The second-order valence-electron chi connectivity index (χ2n) is 4.37. The van der Waals surface area contributed by atoms with Crippen molar-refractivity contribution in [2.75, 3.05) is 11.9 Å². The molecule has 0 saturated heterocycles. The van der Waals surface area contributed by atoms with Crippen LogP contribution in [0.15, 0.2) is 55.1 Å². The third-order valence-corrected chi connectivity index (χ3v) is 2.94. The van der Waals surface area contributed by atoms with Gasteiger partial charge in [0, 0.05) is 17.3 Å². The lowest BCUT2D eigenvalue weighted by Crippen LogP contribution is -2.25. The third-order valence-electron chi connectivity index (χ3n) is 2.70. The second kappa shape index (κ2) is 7.38. The lowest BCUT2D eigenvalue weighted by atomic mass is 10.2. The van der Waals surface area contributed by atoms with E-state index in [4.69, 9.17) is 11.6 Å². The number of anilines is 1. The topological polar surface area (TPSA) is 71.1 Å². The molecule has 2 aromatic rings. The molecule has 0 aliphatic rings. The Hall–Kier alpha value is -2.66. The molecule has 0 fully saturated rings. The Morgan fingerprint density at radius 2 is 1.82 bits per heavy atom. The minimum absolute atomic E-state index is 0.145. The highest BCUT2D eigenvalue weighted by molar-refractivity contribution is 6.30. The molecule has 22 heavy (non-hydrogen) atoms. The molecule has 0 atom stereocenters. The molecule has 0 radical (unpaired) electrons. The number of carbonyl (C=O) groups excluding carboxylic acids is 2. The summed E-state index contributed by atoms with van der Waals surface area (Å²) in [5.74, 6) is -0.780. The Kier molecular flexibility index (Phi) is 5.27. The molecule has 6 heteroatoms. The van der Waals surface area contributed by atoms with Crippen LogP contribution in [0.3, 0.4) is 0 Å². The van der Waals surface area contributed by atoms with Gasteiger partial charge in [-0.2, -0.15) is 0 Å². The van der Waals surface area contributed by atoms with Crippen molar-refractivity contribution in [2.24, 2.45) is 0 Å². The van der Waals surface area contributed by atoms with Gasteiger partial charge in [0.2, 0.25) is 0 Å². The van der Waals surface area contributed by atoms with Crippen molar-refractivity contribution in [2.45, 2.75) is 0 Å². The van der Waals surface area contributed by atoms with Crippen molar-refractivity contribution < 1.29 is 9.59 Å². The van der Waals surface area contributed by atoms with E-state index >= 15 is 0 Å². The Morgan fingerprint density at radius 1 is 1.14 bits per heavy atom. The number of aromatic nitrogens is 1. The number of hydrogen-bond donors (Lipinski definition) is 2. The van der Waals surface area contributed by atoms with Crippen molar-refractivity contribution in [1.82, 2.24) is 10.3 Å². The Labute approximate surface area is 133 Å². The molecule has 5 nitrogen and oxygen atoms in total. The molecule has 1 heterocycles. The van der Waals surface area contributed by atoms with E-state index in [9.17, 15) is 9.59 Å². The summed E-state index contributed by atoms with van der Waals surface area (Å²) in [4.78, 5) is 28.0. The molecule has 112 valence electrons. The maximum absolute atomic E-state index is 12.1. The van der Waals surface area contributed by atoms with Gasteiger partial charge in [-0.15, -0.1) is 6.58 Å². The number of nitrogens with zero attached hydrogens (tertiary/aromatic N) is 1. The van der Waals surface area contributed by atoms with Gasteiger partial charge in [-0.1, -0.05) is 29.8 Å². The minimum Gasteiger partial charge on any atom is -0.347 e. The first-order valence-corrected chi connectivity index (χ1v) is 6.91. The van der Waals surface area contributed by atoms with Crippen LogP contribution in [0.1, 0.15) is 21.0 Å². The smallest absolute Gasteiger partial charge is 0.274 e. The minimum atomic E-state index is -0.416. The molecule has 0 aliphatic carbocycles. The predicted molar refractivity (Wildman–Crippen MR) is 86.2 cm³/mol. The first kappa shape index (κ1) is 15.7. The van der Waals surface area contributed by atoms with Crippen LogP contribution in [0.5, 0.6) is 0 Å². The molecule has 1 aromatic carbocycles. The highest BCUT2D eigenvalue weighted by Crippen LogP contribution is 2.15. The van der Waals surface area contributed by atoms with Crippen LogP contribution in [-0.4, -0.2) is 23.3 Å². The Morgan fingerprint density at radius 3 is 2.50 bits per heavy atom. The molecule has 0 unspecified atom stereocenters. The predicted octanol–water partition coefficient (Wildman–Crippen LogP) is 2.90. The van der Waals surface area contributed by atoms with Crippen LogP contribution in [-0.2, 0) is 0 Å². The quantitative estimate of drug-likeness (QED) is 0.833. The average molecular weight is 316 g/mol. The highest BCUT2D eigenvalue weighted by Gasteiger charge is 2.12. The van der Waals surface area contributed by atoms with Gasteiger partial charge in [-0.25, -0.2) is 4.98 Å².